The molecule has 0 bridgehead atoms. The number of halogens is 1. The van der Waals surface area contributed by atoms with Crippen LogP contribution < -0.4 is 5.32 Å². The molecule has 0 aromatic rings. The molecule has 1 saturated heterocycles. The van der Waals surface area contributed by atoms with Gasteiger partial charge in [0.05, 0.1) is 0 Å². The second kappa shape index (κ2) is 3.72. The van der Waals surface area contributed by atoms with Crippen molar-refractivity contribution >= 4 is 22.8 Å². The van der Waals surface area contributed by atoms with E-state index in [1.54, 1.807) is 0 Å². The van der Waals surface area contributed by atoms with Gasteiger partial charge in [-0.15, -0.1) is 0 Å². The lowest BCUT2D eigenvalue weighted by molar-refractivity contribution is -0.123. The minimum absolute atomic E-state index is 0.0266. The first-order valence-electron chi connectivity index (χ1n) is 3.66. The Kier molecular flexibility index (Phi) is 2.88. The maximum absolute atomic E-state index is 10.8. The molecular weight excluding hydrogens is 166 g/mol. The van der Waals surface area contributed by atoms with Gasteiger partial charge >= 0.3 is 0 Å². The maximum atomic E-state index is 10.8. The summed E-state index contributed by atoms with van der Waals surface area (Å²) < 4.78 is 0. The summed E-state index contributed by atoms with van der Waals surface area (Å²) >= 11 is 5.17. The zero-order chi connectivity index (χ0) is 8.27. The second-order valence-corrected chi connectivity index (χ2v) is 3.14. The highest BCUT2D eigenvalue weighted by Crippen LogP contribution is 2.11. The molecule has 0 saturated carbocycles. The van der Waals surface area contributed by atoms with Gasteiger partial charge in [0.1, 0.15) is 0 Å². The van der Waals surface area contributed by atoms with Crippen molar-refractivity contribution in [1.82, 2.24) is 5.32 Å². The van der Waals surface area contributed by atoms with Gasteiger partial charge in [0.2, 0.25) is 11.1 Å². The molecule has 1 heterocycles. The molecule has 4 heteroatoms. The first-order chi connectivity index (χ1) is 5.18. The molecule has 1 fully saturated rings. The van der Waals surface area contributed by atoms with E-state index in [1.165, 1.54) is 0 Å². The monoisotopic (exact) mass is 175 g/mol. The third-order valence-electron chi connectivity index (χ3n) is 1.73. The van der Waals surface area contributed by atoms with Crippen molar-refractivity contribution in [1.29, 1.82) is 0 Å². The van der Waals surface area contributed by atoms with Crippen LogP contribution in [0.5, 0.6) is 0 Å². The number of rotatable bonds is 2. The van der Waals surface area contributed by atoms with Gasteiger partial charge in [0.25, 0.3) is 0 Å². The third-order valence-corrected chi connectivity index (χ3v) is 1.88. The van der Waals surface area contributed by atoms with E-state index in [0.717, 1.165) is 12.8 Å². The summed E-state index contributed by atoms with van der Waals surface area (Å²) in [5, 5.41) is 2.33. The lowest BCUT2D eigenvalue weighted by Crippen LogP contribution is -2.39. The fourth-order valence-electron chi connectivity index (χ4n) is 1.23. The standard InChI is InChI=1S/C7H10ClNO2/c8-6(10)4-5-2-1-3-7(11)9-5/h5H,1-4H2,(H,9,11)/t5-/m1/s1. The van der Waals surface area contributed by atoms with Crippen molar-refractivity contribution in [2.45, 2.75) is 31.7 Å². The Bertz CT molecular complexity index is 179. The van der Waals surface area contributed by atoms with Crippen molar-refractivity contribution in [3.05, 3.63) is 0 Å². The van der Waals surface area contributed by atoms with Crippen LogP contribution in [-0.4, -0.2) is 17.2 Å². The van der Waals surface area contributed by atoms with Crippen LogP contribution in [0.15, 0.2) is 0 Å². The summed E-state index contributed by atoms with van der Waals surface area (Å²) in [7, 11) is 0. The highest BCUT2D eigenvalue weighted by molar-refractivity contribution is 6.63. The first-order valence-corrected chi connectivity index (χ1v) is 4.04. The lowest BCUT2D eigenvalue weighted by atomic mass is 10.0. The molecule has 3 nitrogen and oxygen atoms in total. The van der Waals surface area contributed by atoms with Crippen LogP contribution >= 0.6 is 11.6 Å². The molecule has 1 rings (SSSR count). The summed E-state index contributed by atoms with van der Waals surface area (Å²) in [6.45, 7) is 0. The number of nitrogens with one attached hydrogen (secondary N) is 1. The van der Waals surface area contributed by atoms with Gasteiger partial charge in [-0.1, -0.05) is 0 Å². The molecule has 62 valence electrons. The summed E-state index contributed by atoms with van der Waals surface area (Å²) in [4.78, 5) is 21.2. The molecule has 1 N–H and O–H groups in total. The zero-order valence-electron chi connectivity index (χ0n) is 6.10. The van der Waals surface area contributed by atoms with Crippen LogP contribution in [0.25, 0.3) is 0 Å². The zero-order valence-corrected chi connectivity index (χ0v) is 6.86. The predicted octanol–water partition coefficient (Wildman–Crippen LogP) is 0.811. The van der Waals surface area contributed by atoms with Gasteiger partial charge in [0.15, 0.2) is 0 Å². The van der Waals surface area contributed by atoms with Crippen LogP contribution in [-0.2, 0) is 9.59 Å². The molecule has 0 spiro atoms. The smallest absolute Gasteiger partial charge is 0.223 e. The Morgan fingerprint density at radius 1 is 1.73 bits per heavy atom. The van der Waals surface area contributed by atoms with E-state index in [1.807, 2.05) is 0 Å². The molecule has 0 aliphatic carbocycles. The maximum Gasteiger partial charge on any atom is 0.223 e. The summed E-state index contributed by atoms with van der Waals surface area (Å²) in [6, 6.07) is -0.0266. The van der Waals surface area contributed by atoms with Gasteiger partial charge in [-0.3, -0.25) is 9.59 Å². The van der Waals surface area contributed by atoms with Crippen molar-refractivity contribution in [2.24, 2.45) is 0 Å². The molecule has 0 unspecified atom stereocenters. The highest BCUT2D eigenvalue weighted by atomic mass is 35.5. The Morgan fingerprint density at radius 2 is 2.45 bits per heavy atom. The average Bonchev–Trinajstić information content (AvgIpc) is 1.85. The molecular formula is C7H10ClNO2. The molecule has 11 heavy (non-hydrogen) atoms. The summed E-state index contributed by atoms with van der Waals surface area (Å²) in [5.74, 6) is 0.0270. The number of carbonyl (C=O) groups is 2. The van der Waals surface area contributed by atoms with Crippen LogP contribution in [0, 0.1) is 0 Å². The summed E-state index contributed by atoms with van der Waals surface area (Å²) in [5.41, 5.74) is 0. The fraction of sp³-hybridized carbons (Fsp3) is 0.714. The molecule has 1 amide bonds. The number of amides is 1. The van der Waals surface area contributed by atoms with Crippen molar-refractivity contribution < 1.29 is 9.59 Å². The van der Waals surface area contributed by atoms with Crippen molar-refractivity contribution in [3.63, 3.8) is 0 Å². The van der Waals surface area contributed by atoms with Crippen LogP contribution in [0.3, 0.4) is 0 Å². The highest BCUT2D eigenvalue weighted by Gasteiger charge is 2.19. The minimum Gasteiger partial charge on any atom is -0.353 e. The number of carbonyl (C=O) groups excluding carboxylic acids is 2. The van der Waals surface area contributed by atoms with E-state index in [-0.39, 0.29) is 23.6 Å². The van der Waals surface area contributed by atoms with E-state index in [4.69, 9.17) is 11.6 Å². The molecule has 0 aromatic carbocycles. The molecule has 1 aliphatic heterocycles. The molecule has 0 radical (unpaired) electrons. The fourth-order valence-corrected chi connectivity index (χ4v) is 1.41. The van der Waals surface area contributed by atoms with Crippen LogP contribution in [0.2, 0.25) is 0 Å². The van der Waals surface area contributed by atoms with E-state index in [0.29, 0.717) is 6.42 Å². The van der Waals surface area contributed by atoms with Gasteiger partial charge in [-0.05, 0) is 24.4 Å². The second-order valence-electron chi connectivity index (χ2n) is 2.72. The van der Waals surface area contributed by atoms with Gasteiger partial charge < -0.3 is 5.32 Å². The largest absolute Gasteiger partial charge is 0.353 e. The normalized spacial score (nSPS) is 24.5. The molecule has 1 aliphatic rings. The van der Waals surface area contributed by atoms with Crippen molar-refractivity contribution in [3.8, 4) is 0 Å². The van der Waals surface area contributed by atoms with E-state index < -0.39 is 0 Å². The topological polar surface area (TPSA) is 46.2 Å². The SMILES string of the molecule is O=C(Cl)C[C@H]1CCCC(=O)N1. The van der Waals surface area contributed by atoms with Crippen LogP contribution in [0.1, 0.15) is 25.7 Å². The van der Waals surface area contributed by atoms with Crippen molar-refractivity contribution in [2.75, 3.05) is 0 Å². The summed E-state index contributed by atoms with van der Waals surface area (Å²) in [6.07, 6.45) is 2.56. The van der Waals surface area contributed by atoms with E-state index in [9.17, 15) is 9.59 Å². The first kappa shape index (κ1) is 8.53. The quantitative estimate of drug-likeness (QED) is 0.632. The Morgan fingerprint density at radius 3 is 3.00 bits per heavy atom. The number of piperidine rings is 1. The third kappa shape index (κ3) is 2.89. The van der Waals surface area contributed by atoms with Crippen LogP contribution in [0.4, 0.5) is 0 Å². The van der Waals surface area contributed by atoms with Gasteiger partial charge in [0, 0.05) is 18.9 Å². The Hall–Kier alpha value is -0.570. The Balaban J connectivity index is 2.34. The lowest BCUT2D eigenvalue weighted by Gasteiger charge is -2.21. The number of hydrogen-bond acceptors (Lipinski definition) is 2. The minimum atomic E-state index is -0.378. The average molecular weight is 176 g/mol. The predicted molar refractivity (Wildman–Crippen MR) is 41.3 cm³/mol. The Labute approximate surface area is 70.1 Å². The molecule has 1 atom stereocenters. The number of hydrogen-bond donors (Lipinski definition) is 1. The molecule has 0 aromatic heterocycles. The van der Waals surface area contributed by atoms with Gasteiger partial charge in [-0.2, -0.15) is 0 Å². The van der Waals surface area contributed by atoms with E-state index in [2.05, 4.69) is 5.32 Å². The van der Waals surface area contributed by atoms with Gasteiger partial charge in [-0.25, -0.2) is 0 Å². The van der Waals surface area contributed by atoms with E-state index >= 15 is 0 Å².